The summed E-state index contributed by atoms with van der Waals surface area (Å²) in [4.78, 5) is 10.8. The van der Waals surface area contributed by atoms with Crippen LogP contribution in [-0.4, -0.2) is 28.7 Å². The smallest absolute Gasteiger partial charge is 0.316 e. The third-order valence-electron chi connectivity index (χ3n) is 2.79. The zero-order valence-corrected chi connectivity index (χ0v) is 12.4. The molecule has 1 aromatic carbocycles. The first-order valence-corrected chi connectivity index (χ1v) is 7.72. The van der Waals surface area contributed by atoms with E-state index in [0.717, 1.165) is 24.3 Å². The molecule has 1 atom stereocenters. The van der Waals surface area contributed by atoms with E-state index < -0.39 is 5.97 Å². The number of hydrogen-bond acceptors (Lipinski definition) is 3. The first kappa shape index (κ1) is 15.9. The van der Waals surface area contributed by atoms with Crippen LogP contribution >= 0.6 is 11.8 Å². The van der Waals surface area contributed by atoms with E-state index in [9.17, 15) is 4.79 Å². The standard InChI is InChI=1S/C15H22O3S/c1-3-14(15(16)17)19-11-5-4-10-18-13-8-6-12(2)7-9-13/h6-9,14H,3-5,10-11H2,1-2H3,(H,16,17). The number of unbranched alkanes of at least 4 members (excludes halogenated alkanes) is 1. The van der Waals surface area contributed by atoms with E-state index in [4.69, 9.17) is 9.84 Å². The van der Waals surface area contributed by atoms with E-state index in [2.05, 4.69) is 0 Å². The molecule has 4 heteroatoms. The van der Waals surface area contributed by atoms with Crippen LogP contribution in [0.1, 0.15) is 31.7 Å². The number of carbonyl (C=O) groups is 1. The number of hydrogen-bond donors (Lipinski definition) is 1. The third-order valence-corrected chi connectivity index (χ3v) is 4.26. The van der Waals surface area contributed by atoms with Crippen LogP contribution in [0.15, 0.2) is 24.3 Å². The van der Waals surface area contributed by atoms with E-state index in [1.165, 1.54) is 17.3 Å². The second kappa shape index (κ2) is 8.86. The fourth-order valence-corrected chi connectivity index (χ4v) is 2.65. The van der Waals surface area contributed by atoms with Crippen molar-refractivity contribution in [3.63, 3.8) is 0 Å². The summed E-state index contributed by atoms with van der Waals surface area (Å²) in [6.45, 7) is 4.65. The van der Waals surface area contributed by atoms with Gasteiger partial charge in [-0.3, -0.25) is 4.79 Å². The van der Waals surface area contributed by atoms with Gasteiger partial charge in [0.15, 0.2) is 0 Å². The van der Waals surface area contributed by atoms with Crippen LogP contribution in [0.5, 0.6) is 5.75 Å². The Balaban J connectivity index is 2.08. The molecular weight excluding hydrogens is 260 g/mol. The molecule has 0 aliphatic carbocycles. The highest BCUT2D eigenvalue weighted by molar-refractivity contribution is 8.00. The van der Waals surface area contributed by atoms with Crippen molar-refractivity contribution >= 4 is 17.7 Å². The second-order valence-corrected chi connectivity index (χ2v) is 5.79. The number of aryl methyl sites for hydroxylation is 1. The normalized spacial score (nSPS) is 12.1. The summed E-state index contributed by atoms with van der Waals surface area (Å²) >= 11 is 1.52. The Kier molecular flexibility index (Phi) is 7.41. The lowest BCUT2D eigenvalue weighted by atomic mass is 10.2. The Labute approximate surface area is 119 Å². The third kappa shape index (κ3) is 6.53. The van der Waals surface area contributed by atoms with Gasteiger partial charge >= 0.3 is 5.97 Å². The Morgan fingerprint density at radius 2 is 2.00 bits per heavy atom. The lowest BCUT2D eigenvalue weighted by Gasteiger charge is -2.09. The number of aliphatic carboxylic acids is 1. The van der Waals surface area contributed by atoms with Crippen molar-refractivity contribution in [2.75, 3.05) is 12.4 Å². The maximum Gasteiger partial charge on any atom is 0.316 e. The first-order valence-electron chi connectivity index (χ1n) is 6.67. The summed E-state index contributed by atoms with van der Waals surface area (Å²) in [5.41, 5.74) is 1.23. The van der Waals surface area contributed by atoms with Crippen LogP contribution in [0.4, 0.5) is 0 Å². The summed E-state index contributed by atoms with van der Waals surface area (Å²) in [5.74, 6) is 1.07. The number of ether oxygens (including phenoxy) is 1. The van der Waals surface area contributed by atoms with Crippen molar-refractivity contribution in [3.05, 3.63) is 29.8 Å². The molecule has 0 fully saturated rings. The SMILES string of the molecule is CCC(SCCCCOc1ccc(C)cc1)C(=O)O. The van der Waals surface area contributed by atoms with Crippen molar-refractivity contribution in [1.82, 2.24) is 0 Å². The molecule has 0 bridgehead atoms. The van der Waals surface area contributed by atoms with Crippen molar-refractivity contribution in [3.8, 4) is 5.75 Å². The topological polar surface area (TPSA) is 46.5 Å². The highest BCUT2D eigenvalue weighted by Gasteiger charge is 2.14. The highest BCUT2D eigenvalue weighted by atomic mass is 32.2. The van der Waals surface area contributed by atoms with E-state index in [1.54, 1.807) is 0 Å². The first-order chi connectivity index (χ1) is 9.13. The van der Waals surface area contributed by atoms with E-state index in [0.29, 0.717) is 13.0 Å². The van der Waals surface area contributed by atoms with Crippen LogP contribution < -0.4 is 4.74 Å². The van der Waals surface area contributed by atoms with Gasteiger partial charge in [-0.05, 0) is 44.1 Å². The molecular formula is C15H22O3S. The Morgan fingerprint density at radius 1 is 1.32 bits per heavy atom. The molecule has 1 rings (SSSR count). The molecule has 19 heavy (non-hydrogen) atoms. The maximum absolute atomic E-state index is 10.8. The summed E-state index contributed by atoms with van der Waals surface area (Å²) in [7, 11) is 0. The van der Waals surface area contributed by atoms with Crippen LogP contribution in [0, 0.1) is 6.92 Å². The van der Waals surface area contributed by atoms with Gasteiger partial charge in [0.2, 0.25) is 0 Å². The molecule has 0 spiro atoms. The molecule has 1 N–H and O–H groups in total. The zero-order valence-electron chi connectivity index (χ0n) is 11.6. The van der Waals surface area contributed by atoms with Gasteiger partial charge in [-0.2, -0.15) is 0 Å². The minimum atomic E-state index is -0.705. The van der Waals surface area contributed by atoms with Crippen LogP contribution in [0.25, 0.3) is 0 Å². The predicted octanol–water partition coefficient (Wildman–Crippen LogP) is 3.75. The number of benzene rings is 1. The summed E-state index contributed by atoms with van der Waals surface area (Å²) in [6.07, 6.45) is 2.62. The Bertz CT molecular complexity index is 375. The van der Waals surface area contributed by atoms with E-state index in [-0.39, 0.29) is 5.25 Å². The van der Waals surface area contributed by atoms with Gasteiger partial charge < -0.3 is 9.84 Å². The van der Waals surface area contributed by atoms with Gasteiger partial charge in [0, 0.05) is 0 Å². The van der Waals surface area contributed by atoms with E-state index in [1.807, 2.05) is 38.1 Å². The average Bonchev–Trinajstić information content (AvgIpc) is 2.39. The lowest BCUT2D eigenvalue weighted by Crippen LogP contribution is -2.15. The summed E-state index contributed by atoms with van der Waals surface area (Å²) < 4.78 is 5.62. The largest absolute Gasteiger partial charge is 0.494 e. The molecule has 0 heterocycles. The number of carboxylic acids is 1. The predicted molar refractivity (Wildman–Crippen MR) is 80.1 cm³/mol. The highest BCUT2D eigenvalue weighted by Crippen LogP contribution is 2.17. The van der Waals surface area contributed by atoms with Crippen molar-refractivity contribution in [1.29, 1.82) is 0 Å². The summed E-state index contributed by atoms with van der Waals surface area (Å²) in [5, 5.41) is 8.64. The fourth-order valence-electron chi connectivity index (χ4n) is 1.62. The van der Waals surface area contributed by atoms with Gasteiger partial charge in [-0.25, -0.2) is 0 Å². The molecule has 3 nitrogen and oxygen atoms in total. The second-order valence-electron chi connectivity index (χ2n) is 4.47. The molecule has 0 aliphatic rings. The van der Waals surface area contributed by atoms with Crippen molar-refractivity contribution in [2.45, 2.75) is 38.4 Å². The maximum atomic E-state index is 10.8. The quantitative estimate of drug-likeness (QED) is 0.701. The minimum absolute atomic E-state index is 0.266. The minimum Gasteiger partial charge on any atom is -0.494 e. The molecule has 1 unspecified atom stereocenters. The van der Waals surface area contributed by atoms with Gasteiger partial charge in [-0.1, -0.05) is 24.6 Å². The van der Waals surface area contributed by atoms with E-state index >= 15 is 0 Å². The number of thioether (sulfide) groups is 1. The number of rotatable bonds is 9. The summed E-state index contributed by atoms with van der Waals surface area (Å²) in [6, 6.07) is 8.01. The van der Waals surface area contributed by atoms with Crippen LogP contribution in [-0.2, 0) is 4.79 Å². The van der Waals surface area contributed by atoms with Crippen LogP contribution in [0.3, 0.4) is 0 Å². The Morgan fingerprint density at radius 3 is 2.58 bits per heavy atom. The van der Waals surface area contributed by atoms with Gasteiger partial charge in [0.25, 0.3) is 0 Å². The van der Waals surface area contributed by atoms with Gasteiger partial charge in [-0.15, -0.1) is 11.8 Å². The van der Waals surface area contributed by atoms with Gasteiger partial charge in [0.05, 0.1) is 6.61 Å². The molecule has 0 aliphatic heterocycles. The molecule has 106 valence electrons. The fraction of sp³-hybridized carbons (Fsp3) is 0.533. The zero-order chi connectivity index (χ0) is 14.1. The monoisotopic (exact) mass is 282 g/mol. The lowest BCUT2D eigenvalue weighted by molar-refractivity contribution is -0.136. The molecule has 0 saturated heterocycles. The van der Waals surface area contributed by atoms with Crippen LogP contribution in [0.2, 0.25) is 0 Å². The molecule has 1 aromatic rings. The van der Waals surface area contributed by atoms with Gasteiger partial charge in [0.1, 0.15) is 11.0 Å². The van der Waals surface area contributed by atoms with Crippen molar-refractivity contribution < 1.29 is 14.6 Å². The molecule has 0 amide bonds. The molecule has 0 aromatic heterocycles. The number of carboxylic acid groups (broad SMARTS) is 1. The van der Waals surface area contributed by atoms with Crippen molar-refractivity contribution in [2.24, 2.45) is 0 Å². The molecule has 0 saturated carbocycles. The average molecular weight is 282 g/mol. The Hall–Kier alpha value is -1.16. The molecule has 0 radical (unpaired) electrons.